The van der Waals surface area contributed by atoms with Crippen LogP contribution in [0.5, 0.6) is 0 Å². The van der Waals surface area contributed by atoms with E-state index >= 15 is 0 Å². The maximum atomic E-state index is 4.80. The van der Waals surface area contributed by atoms with Crippen LogP contribution < -0.4 is 5.32 Å². The van der Waals surface area contributed by atoms with E-state index in [1.165, 1.54) is 22.1 Å². The summed E-state index contributed by atoms with van der Waals surface area (Å²) in [5, 5.41) is 4.82. The molecule has 1 saturated heterocycles. The third-order valence-electron chi connectivity index (χ3n) is 4.17. The summed E-state index contributed by atoms with van der Waals surface area (Å²) in [6, 6.07) is 0.603. The molecule has 2 heterocycles. The molecule has 1 aromatic rings. The second-order valence-corrected chi connectivity index (χ2v) is 7.91. The van der Waals surface area contributed by atoms with Gasteiger partial charge in [-0.05, 0) is 33.5 Å². The van der Waals surface area contributed by atoms with Crippen LogP contribution in [0.4, 0.5) is 0 Å². The first kappa shape index (κ1) is 16.9. The van der Waals surface area contributed by atoms with Crippen molar-refractivity contribution in [3.05, 3.63) is 15.6 Å². The van der Waals surface area contributed by atoms with E-state index in [9.17, 15) is 0 Å². The van der Waals surface area contributed by atoms with Crippen LogP contribution in [0.2, 0.25) is 0 Å². The van der Waals surface area contributed by atoms with Gasteiger partial charge in [-0.15, -0.1) is 11.3 Å². The molecule has 0 amide bonds. The average Bonchev–Trinajstić information content (AvgIpc) is 2.74. The Morgan fingerprint density at radius 2 is 2.10 bits per heavy atom. The standard InChI is InChI=1S/C16H30N4S/c1-12(2)9-17-10-15-13(3)18-16(21-15)8-14-11-19(4)6-7-20(14)5/h12,14,17H,6-11H2,1-5H3. The Morgan fingerprint density at radius 1 is 1.33 bits per heavy atom. The number of nitrogens with zero attached hydrogens (tertiary/aromatic N) is 3. The monoisotopic (exact) mass is 310 g/mol. The van der Waals surface area contributed by atoms with Crippen LogP contribution in [0.15, 0.2) is 0 Å². The third-order valence-corrected chi connectivity index (χ3v) is 5.35. The highest BCUT2D eigenvalue weighted by Gasteiger charge is 2.23. The predicted octanol–water partition coefficient (Wildman–Crippen LogP) is 1.99. The van der Waals surface area contributed by atoms with Crippen LogP contribution in [0, 0.1) is 12.8 Å². The van der Waals surface area contributed by atoms with Gasteiger partial charge in [0.05, 0.1) is 10.7 Å². The Balaban J connectivity index is 1.91. The summed E-state index contributed by atoms with van der Waals surface area (Å²) in [4.78, 5) is 11.1. The molecule has 0 aromatic carbocycles. The molecule has 2 rings (SSSR count). The Morgan fingerprint density at radius 3 is 2.81 bits per heavy atom. The number of likely N-dealkylation sites (N-methyl/N-ethyl adjacent to an activating group) is 2. The molecule has 1 aliphatic heterocycles. The van der Waals surface area contributed by atoms with Gasteiger partial charge in [0.25, 0.3) is 0 Å². The molecular weight excluding hydrogens is 280 g/mol. The lowest BCUT2D eigenvalue weighted by Crippen LogP contribution is -2.50. The molecule has 0 radical (unpaired) electrons. The van der Waals surface area contributed by atoms with Crippen LogP contribution in [0.25, 0.3) is 0 Å². The number of hydrogen-bond acceptors (Lipinski definition) is 5. The lowest BCUT2D eigenvalue weighted by molar-refractivity contribution is 0.114. The zero-order valence-corrected chi connectivity index (χ0v) is 15.0. The summed E-state index contributed by atoms with van der Waals surface area (Å²) in [6.07, 6.45) is 1.08. The summed E-state index contributed by atoms with van der Waals surface area (Å²) < 4.78 is 0. The highest BCUT2D eigenvalue weighted by Crippen LogP contribution is 2.21. The van der Waals surface area contributed by atoms with Crippen LogP contribution in [-0.4, -0.2) is 61.1 Å². The van der Waals surface area contributed by atoms with Crippen LogP contribution in [-0.2, 0) is 13.0 Å². The van der Waals surface area contributed by atoms with Gasteiger partial charge in [-0.2, -0.15) is 0 Å². The molecular formula is C16H30N4S. The Labute approximate surface area is 133 Å². The van der Waals surface area contributed by atoms with E-state index in [2.05, 4.69) is 50.0 Å². The topological polar surface area (TPSA) is 31.4 Å². The zero-order valence-electron chi connectivity index (χ0n) is 14.1. The number of aromatic nitrogens is 1. The number of thiazole rings is 1. The quantitative estimate of drug-likeness (QED) is 0.871. The fourth-order valence-electron chi connectivity index (χ4n) is 2.74. The molecule has 1 aromatic heterocycles. The van der Waals surface area contributed by atoms with Crippen molar-refractivity contribution in [2.24, 2.45) is 5.92 Å². The molecule has 1 atom stereocenters. The fourth-order valence-corrected chi connectivity index (χ4v) is 3.85. The Hall–Kier alpha value is -0.490. The molecule has 0 spiro atoms. The SMILES string of the molecule is Cc1nc(CC2CN(C)CCN2C)sc1CNCC(C)C. The van der Waals surface area contributed by atoms with Gasteiger partial charge in [-0.3, -0.25) is 0 Å². The number of nitrogens with one attached hydrogen (secondary N) is 1. The summed E-state index contributed by atoms with van der Waals surface area (Å²) in [5.41, 5.74) is 1.21. The van der Waals surface area contributed by atoms with Crippen LogP contribution >= 0.6 is 11.3 Å². The molecule has 0 bridgehead atoms. The molecule has 5 heteroatoms. The van der Waals surface area contributed by atoms with Gasteiger partial charge >= 0.3 is 0 Å². The molecule has 1 N–H and O–H groups in total. The number of rotatable bonds is 6. The molecule has 1 unspecified atom stereocenters. The third kappa shape index (κ3) is 5.02. The van der Waals surface area contributed by atoms with Gasteiger partial charge in [-0.1, -0.05) is 13.8 Å². The lowest BCUT2D eigenvalue weighted by Gasteiger charge is -2.37. The van der Waals surface area contributed by atoms with Gasteiger partial charge in [-0.25, -0.2) is 4.98 Å². The Kier molecular flexibility index (Phi) is 6.17. The predicted molar refractivity (Wildman–Crippen MR) is 91.0 cm³/mol. The maximum absolute atomic E-state index is 4.80. The molecule has 0 aliphatic carbocycles. The Bertz CT molecular complexity index is 443. The van der Waals surface area contributed by atoms with E-state index in [0.29, 0.717) is 12.0 Å². The normalized spacial score (nSPS) is 21.3. The van der Waals surface area contributed by atoms with E-state index in [4.69, 9.17) is 4.98 Å². The molecule has 1 fully saturated rings. The first-order chi connectivity index (χ1) is 9.95. The van der Waals surface area contributed by atoms with Crippen molar-refractivity contribution in [3.63, 3.8) is 0 Å². The first-order valence-electron chi connectivity index (χ1n) is 8.00. The smallest absolute Gasteiger partial charge is 0.0947 e. The maximum Gasteiger partial charge on any atom is 0.0947 e. The van der Waals surface area contributed by atoms with Crippen molar-refractivity contribution in [3.8, 4) is 0 Å². The summed E-state index contributed by atoms with van der Waals surface area (Å²) in [6.45, 7) is 12.1. The van der Waals surface area contributed by atoms with Crippen molar-refractivity contribution >= 4 is 11.3 Å². The molecule has 120 valence electrons. The average molecular weight is 311 g/mol. The minimum absolute atomic E-state index is 0.603. The molecule has 4 nitrogen and oxygen atoms in total. The van der Waals surface area contributed by atoms with Gasteiger partial charge < -0.3 is 15.1 Å². The van der Waals surface area contributed by atoms with E-state index < -0.39 is 0 Å². The molecule has 0 saturated carbocycles. The summed E-state index contributed by atoms with van der Waals surface area (Å²) in [7, 11) is 4.46. The number of piperazine rings is 1. The fraction of sp³-hybridized carbons (Fsp3) is 0.812. The highest BCUT2D eigenvalue weighted by atomic mass is 32.1. The first-order valence-corrected chi connectivity index (χ1v) is 8.82. The van der Waals surface area contributed by atoms with Gasteiger partial charge in [0.1, 0.15) is 0 Å². The minimum atomic E-state index is 0.603. The van der Waals surface area contributed by atoms with Crippen molar-refractivity contribution in [2.45, 2.75) is 39.8 Å². The van der Waals surface area contributed by atoms with E-state index in [1.54, 1.807) is 0 Å². The lowest BCUT2D eigenvalue weighted by atomic mass is 10.1. The number of hydrogen-bond donors (Lipinski definition) is 1. The molecule has 21 heavy (non-hydrogen) atoms. The minimum Gasteiger partial charge on any atom is -0.312 e. The van der Waals surface area contributed by atoms with E-state index in [1.807, 2.05) is 11.3 Å². The van der Waals surface area contributed by atoms with Gasteiger partial charge in [0.2, 0.25) is 0 Å². The van der Waals surface area contributed by atoms with Crippen molar-refractivity contribution in [2.75, 3.05) is 40.3 Å². The van der Waals surface area contributed by atoms with E-state index in [0.717, 1.165) is 32.6 Å². The second-order valence-electron chi connectivity index (χ2n) is 6.74. The number of aryl methyl sites for hydroxylation is 1. The van der Waals surface area contributed by atoms with Crippen LogP contribution in [0.3, 0.4) is 0 Å². The summed E-state index contributed by atoms with van der Waals surface area (Å²) >= 11 is 1.89. The zero-order chi connectivity index (χ0) is 15.4. The van der Waals surface area contributed by atoms with Crippen molar-refractivity contribution < 1.29 is 0 Å². The molecule has 1 aliphatic rings. The largest absolute Gasteiger partial charge is 0.312 e. The highest BCUT2D eigenvalue weighted by molar-refractivity contribution is 7.11. The summed E-state index contributed by atoms with van der Waals surface area (Å²) in [5.74, 6) is 0.698. The second kappa shape index (κ2) is 7.68. The van der Waals surface area contributed by atoms with Crippen molar-refractivity contribution in [1.29, 1.82) is 0 Å². The van der Waals surface area contributed by atoms with Crippen molar-refractivity contribution in [1.82, 2.24) is 20.1 Å². The van der Waals surface area contributed by atoms with E-state index in [-0.39, 0.29) is 0 Å². The van der Waals surface area contributed by atoms with Gasteiger partial charge in [0, 0.05) is 43.5 Å². The van der Waals surface area contributed by atoms with Crippen LogP contribution in [0.1, 0.15) is 29.4 Å². The van der Waals surface area contributed by atoms with Gasteiger partial charge in [0.15, 0.2) is 0 Å².